The van der Waals surface area contributed by atoms with E-state index in [2.05, 4.69) is 15.3 Å². The van der Waals surface area contributed by atoms with Crippen LogP contribution in [0.3, 0.4) is 0 Å². The first-order valence-corrected chi connectivity index (χ1v) is 9.27. The first kappa shape index (κ1) is 15.5. The summed E-state index contributed by atoms with van der Waals surface area (Å²) in [7, 11) is 0. The summed E-state index contributed by atoms with van der Waals surface area (Å²) in [6, 6.07) is 5.33. The third-order valence-electron chi connectivity index (χ3n) is 3.97. The van der Waals surface area contributed by atoms with Gasteiger partial charge < -0.3 is 5.32 Å². The van der Waals surface area contributed by atoms with Crippen molar-refractivity contribution < 1.29 is 0 Å². The van der Waals surface area contributed by atoms with Crippen molar-refractivity contribution in [1.29, 1.82) is 0 Å². The molecule has 1 aromatic carbocycles. The highest BCUT2D eigenvalue weighted by molar-refractivity contribution is 7.19. The number of anilines is 2. The molecule has 0 aliphatic heterocycles. The Bertz CT molecular complexity index is 907. The van der Waals surface area contributed by atoms with Crippen LogP contribution in [0.4, 0.5) is 11.5 Å². The van der Waals surface area contributed by atoms with Gasteiger partial charge >= 0.3 is 0 Å². The zero-order valence-corrected chi connectivity index (χ0v) is 15.1. The number of halogens is 3. The van der Waals surface area contributed by atoms with Gasteiger partial charge in [-0.3, -0.25) is 0 Å². The van der Waals surface area contributed by atoms with E-state index >= 15 is 0 Å². The average Bonchev–Trinajstić information content (AvgIpc) is 2.88. The first-order valence-electron chi connectivity index (χ1n) is 7.31. The largest absolute Gasteiger partial charge is 0.338 e. The van der Waals surface area contributed by atoms with Crippen LogP contribution in [0.1, 0.15) is 23.3 Å². The van der Waals surface area contributed by atoms with Crippen molar-refractivity contribution in [2.75, 3.05) is 5.32 Å². The van der Waals surface area contributed by atoms with E-state index < -0.39 is 0 Å². The number of rotatable bonds is 2. The van der Waals surface area contributed by atoms with Crippen LogP contribution in [-0.4, -0.2) is 9.97 Å². The molecule has 0 saturated carbocycles. The lowest BCUT2D eigenvalue weighted by Crippen LogP contribution is -2.01. The second-order valence-corrected chi connectivity index (χ2v) is 7.75. The fourth-order valence-electron chi connectivity index (χ4n) is 2.94. The maximum absolute atomic E-state index is 6.27. The molecule has 0 radical (unpaired) electrons. The predicted octanol–water partition coefficient (Wildman–Crippen LogP) is 6.27. The van der Waals surface area contributed by atoms with Crippen molar-refractivity contribution in [2.45, 2.75) is 25.7 Å². The number of nitrogens with one attached hydrogen (secondary N) is 1. The fraction of sp³-hybridized carbons (Fsp3) is 0.250. The Morgan fingerprint density at radius 3 is 2.70 bits per heavy atom. The summed E-state index contributed by atoms with van der Waals surface area (Å²) in [6.07, 6.45) is 4.59. The van der Waals surface area contributed by atoms with Crippen LogP contribution in [-0.2, 0) is 12.8 Å². The summed E-state index contributed by atoms with van der Waals surface area (Å²) >= 11 is 20.1. The maximum Gasteiger partial charge on any atom is 0.225 e. The molecule has 3 aromatic rings. The number of hydrogen-bond acceptors (Lipinski definition) is 4. The van der Waals surface area contributed by atoms with Gasteiger partial charge in [-0.05, 0) is 61.0 Å². The van der Waals surface area contributed by atoms with Crippen LogP contribution in [0.15, 0.2) is 18.2 Å². The molecule has 0 unspecified atom stereocenters. The molecule has 0 fully saturated rings. The highest BCUT2D eigenvalue weighted by Crippen LogP contribution is 2.40. The molecule has 2 aromatic heterocycles. The van der Waals surface area contributed by atoms with Gasteiger partial charge in [0.2, 0.25) is 5.28 Å². The van der Waals surface area contributed by atoms with Gasteiger partial charge in [-0.15, -0.1) is 11.3 Å². The second kappa shape index (κ2) is 6.10. The summed E-state index contributed by atoms with van der Waals surface area (Å²) in [5.41, 5.74) is 2.10. The molecule has 3 nitrogen and oxygen atoms in total. The molecule has 1 aliphatic rings. The SMILES string of the molecule is Clc1ccc(Nc2nc(Cl)nc3sc4c(c23)CCCC4)c(Cl)c1. The van der Waals surface area contributed by atoms with Gasteiger partial charge in [0.15, 0.2) is 0 Å². The van der Waals surface area contributed by atoms with Gasteiger partial charge in [0, 0.05) is 9.90 Å². The van der Waals surface area contributed by atoms with E-state index in [4.69, 9.17) is 34.8 Å². The average molecular weight is 385 g/mol. The molecule has 2 heterocycles. The number of nitrogens with zero attached hydrogens (tertiary/aromatic N) is 2. The lowest BCUT2D eigenvalue weighted by molar-refractivity contribution is 0.700. The molecule has 1 aliphatic carbocycles. The molecule has 118 valence electrons. The molecule has 0 amide bonds. The Hall–Kier alpha value is -1.07. The Kier molecular flexibility index (Phi) is 4.10. The van der Waals surface area contributed by atoms with Crippen LogP contribution in [0, 0.1) is 0 Å². The third-order valence-corrected chi connectivity index (χ3v) is 5.87. The summed E-state index contributed by atoms with van der Waals surface area (Å²) in [4.78, 5) is 11.1. The monoisotopic (exact) mass is 383 g/mol. The zero-order chi connectivity index (χ0) is 16.0. The number of hydrogen-bond donors (Lipinski definition) is 1. The molecule has 0 bridgehead atoms. The number of thiophene rings is 1. The molecule has 0 spiro atoms. The summed E-state index contributed by atoms with van der Waals surface area (Å²) in [5.74, 6) is 0.712. The minimum absolute atomic E-state index is 0.240. The Balaban J connectivity index is 1.87. The van der Waals surface area contributed by atoms with Gasteiger partial charge in [-0.25, -0.2) is 4.98 Å². The van der Waals surface area contributed by atoms with Crippen molar-refractivity contribution >= 4 is 67.9 Å². The van der Waals surface area contributed by atoms with Crippen molar-refractivity contribution in [3.8, 4) is 0 Å². The summed E-state index contributed by atoms with van der Waals surface area (Å²) < 4.78 is 0. The van der Waals surface area contributed by atoms with Gasteiger partial charge in [0.05, 0.1) is 16.1 Å². The van der Waals surface area contributed by atoms with Crippen molar-refractivity contribution in [2.24, 2.45) is 0 Å². The number of aromatic nitrogens is 2. The molecule has 0 saturated heterocycles. The van der Waals surface area contributed by atoms with Gasteiger partial charge in [-0.2, -0.15) is 4.98 Å². The Morgan fingerprint density at radius 1 is 1.04 bits per heavy atom. The zero-order valence-electron chi connectivity index (χ0n) is 12.0. The van der Waals surface area contributed by atoms with Crippen LogP contribution in [0.2, 0.25) is 15.3 Å². The normalized spacial score (nSPS) is 14.0. The van der Waals surface area contributed by atoms with Crippen molar-refractivity contribution in [1.82, 2.24) is 9.97 Å². The topological polar surface area (TPSA) is 37.8 Å². The smallest absolute Gasteiger partial charge is 0.225 e. The highest BCUT2D eigenvalue weighted by atomic mass is 35.5. The van der Waals surface area contributed by atoms with Gasteiger partial charge in [0.1, 0.15) is 10.6 Å². The van der Waals surface area contributed by atoms with Crippen molar-refractivity contribution in [3.63, 3.8) is 0 Å². The van der Waals surface area contributed by atoms with E-state index in [9.17, 15) is 0 Å². The molecule has 4 rings (SSSR count). The van der Waals surface area contributed by atoms with Gasteiger partial charge in [-0.1, -0.05) is 23.2 Å². The maximum atomic E-state index is 6.27. The highest BCUT2D eigenvalue weighted by Gasteiger charge is 2.21. The quantitative estimate of drug-likeness (QED) is 0.529. The minimum atomic E-state index is 0.240. The van der Waals surface area contributed by atoms with Gasteiger partial charge in [0.25, 0.3) is 0 Å². The lowest BCUT2D eigenvalue weighted by atomic mass is 9.97. The first-order chi connectivity index (χ1) is 11.1. The number of benzene rings is 1. The van der Waals surface area contributed by atoms with E-state index in [1.807, 2.05) is 6.07 Å². The van der Waals surface area contributed by atoms with Crippen molar-refractivity contribution in [3.05, 3.63) is 44.0 Å². The summed E-state index contributed by atoms with van der Waals surface area (Å²) in [5, 5.41) is 5.75. The van der Waals surface area contributed by atoms with E-state index in [0.717, 1.165) is 28.7 Å². The molecule has 1 N–H and O–H groups in total. The number of aryl methyl sites for hydroxylation is 2. The van der Waals surface area contributed by atoms with E-state index in [-0.39, 0.29) is 5.28 Å². The van der Waals surface area contributed by atoms with Crippen LogP contribution in [0.25, 0.3) is 10.2 Å². The van der Waals surface area contributed by atoms with E-state index in [1.54, 1.807) is 23.5 Å². The molecule has 7 heteroatoms. The second-order valence-electron chi connectivity index (χ2n) is 5.48. The molecule has 23 heavy (non-hydrogen) atoms. The minimum Gasteiger partial charge on any atom is -0.338 e. The van der Waals surface area contributed by atoms with E-state index in [1.165, 1.54) is 23.3 Å². The van der Waals surface area contributed by atoms with Crippen LogP contribution in [0.5, 0.6) is 0 Å². The molecular formula is C16H12Cl3N3S. The Labute approximate surface area is 152 Å². The fourth-order valence-corrected chi connectivity index (χ4v) is 4.88. The molecule has 0 atom stereocenters. The predicted molar refractivity (Wildman–Crippen MR) is 98.8 cm³/mol. The van der Waals surface area contributed by atoms with Crippen LogP contribution >= 0.6 is 46.1 Å². The standard InChI is InChI=1S/C16H12Cl3N3S/c17-8-5-6-11(10(18)7-8)20-14-13-9-3-1-2-4-12(9)23-15(13)22-16(19)21-14/h5-7H,1-4H2,(H,20,21,22). The third kappa shape index (κ3) is 2.89. The summed E-state index contributed by atoms with van der Waals surface area (Å²) in [6.45, 7) is 0. The lowest BCUT2D eigenvalue weighted by Gasteiger charge is -2.13. The molecular weight excluding hydrogens is 373 g/mol. The van der Waals surface area contributed by atoms with Crippen LogP contribution < -0.4 is 5.32 Å². The number of fused-ring (bicyclic) bond motifs is 3. The van der Waals surface area contributed by atoms with E-state index in [0.29, 0.717) is 15.9 Å². The Morgan fingerprint density at radius 2 is 1.87 bits per heavy atom.